The molecule has 0 aliphatic carbocycles. The molecule has 4 nitrogen and oxygen atoms in total. The number of hydrogen-bond donors (Lipinski definition) is 1. The molecule has 2 aromatic rings. The Morgan fingerprint density at radius 1 is 1.05 bits per heavy atom. The van der Waals surface area contributed by atoms with Gasteiger partial charge >= 0.3 is 5.97 Å². The zero-order valence-electron chi connectivity index (χ0n) is 11.8. The smallest absolute Gasteiger partial charge is 0.344 e. The summed E-state index contributed by atoms with van der Waals surface area (Å²) in [7, 11) is 0. The Morgan fingerprint density at radius 3 is 1.95 bits per heavy atom. The topological polar surface area (TPSA) is 58.9 Å². The van der Waals surface area contributed by atoms with Crippen molar-refractivity contribution in [3.8, 4) is 0 Å². The van der Waals surface area contributed by atoms with Gasteiger partial charge in [-0.05, 0) is 18.1 Å². The van der Waals surface area contributed by atoms with Crippen LogP contribution in [0.5, 0.6) is 0 Å². The molecule has 0 amide bonds. The van der Waals surface area contributed by atoms with Crippen LogP contribution in [0, 0.1) is 0 Å². The van der Waals surface area contributed by atoms with Gasteiger partial charge in [0.1, 0.15) is 0 Å². The zero-order valence-corrected chi connectivity index (χ0v) is 11.8. The van der Waals surface area contributed by atoms with E-state index in [2.05, 4.69) is 5.16 Å². The van der Waals surface area contributed by atoms with E-state index in [9.17, 15) is 4.79 Å². The summed E-state index contributed by atoms with van der Waals surface area (Å²) in [5.41, 5.74) is 2.89. The second kappa shape index (κ2) is 7.24. The Balaban J connectivity index is 2.31. The Morgan fingerprint density at radius 2 is 1.52 bits per heavy atom. The Kier molecular flexibility index (Phi) is 5.10. The van der Waals surface area contributed by atoms with Gasteiger partial charge in [-0.1, -0.05) is 65.8 Å². The standard InChI is InChI=1S/C17H17NO3/c1-13(18-21-12-16(19)20)17(14-8-4-2-5-9-14)15-10-6-3-7-11-15/h2-11,17H,12H2,1H3,(H,19,20). The fourth-order valence-electron chi connectivity index (χ4n) is 2.21. The van der Waals surface area contributed by atoms with Crippen LogP contribution in [0.25, 0.3) is 0 Å². The van der Waals surface area contributed by atoms with Gasteiger partial charge in [-0.3, -0.25) is 0 Å². The summed E-state index contributed by atoms with van der Waals surface area (Å²) < 4.78 is 0. The van der Waals surface area contributed by atoms with Gasteiger partial charge in [-0.2, -0.15) is 0 Å². The molecule has 4 heteroatoms. The summed E-state index contributed by atoms with van der Waals surface area (Å²) in [6.45, 7) is 1.40. The van der Waals surface area contributed by atoms with E-state index in [0.717, 1.165) is 11.1 Å². The number of benzene rings is 2. The lowest BCUT2D eigenvalue weighted by Crippen LogP contribution is -2.13. The van der Waals surface area contributed by atoms with Crippen molar-refractivity contribution in [1.29, 1.82) is 0 Å². The third-order valence-electron chi connectivity index (χ3n) is 3.08. The summed E-state index contributed by atoms with van der Waals surface area (Å²) in [5, 5.41) is 12.6. The van der Waals surface area contributed by atoms with Crippen LogP contribution in [-0.4, -0.2) is 23.4 Å². The van der Waals surface area contributed by atoms with Crippen molar-refractivity contribution >= 4 is 11.7 Å². The summed E-state index contributed by atoms with van der Waals surface area (Å²) in [6, 6.07) is 19.9. The monoisotopic (exact) mass is 283 g/mol. The van der Waals surface area contributed by atoms with Gasteiger partial charge in [-0.15, -0.1) is 0 Å². The molecule has 0 unspecified atom stereocenters. The lowest BCUT2D eigenvalue weighted by molar-refractivity contribution is -0.142. The minimum atomic E-state index is -1.04. The fraction of sp³-hybridized carbons (Fsp3) is 0.176. The Bertz CT molecular complexity index is 569. The molecule has 108 valence electrons. The Labute approximate surface area is 123 Å². The maximum absolute atomic E-state index is 10.5. The molecule has 0 spiro atoms. The quantitative estimate of drug-likeness (QED) is 0.653. The molecule has 0 atom stereocenters. The van der Waals surface area contributed by atoms with E-state index in [1.54, 1.807) is 0 Å². The van der Waals surface area contributed by atoms with Crippen molar-refractivity contribution < 1.29 is 14.7 Å². The van der Waals surface area contributed by atoms with Crippen LogP contribution in [0.15, 0.2) is 65.8 Å². The van der Waals surface area contributed by atoms with E-state index >= 15 is 0 Å². The average molecular weight is 283 g/mol. The molecule has 0 aliphatic rings. The number of rotatable bonds is 6. The van der Waals surface area contributed by atoms with E-state index < -0.39 is 12.6 Å². The number of carbonyl (C=O) groups is 1. The molecule has 2 rings (SSSR count). The molecule has 21 heavy (non-hydrogen) atoms. The van der Waals surface area contributed by atoms with E-state index in [1.807, 2.05) is 67.6 Å². The van der Waals surface area contributed by atoms with E-state index in [-0.39, 0.29) is 5.92 Å². The Hall–Kier alpha value is -2.62. The normalized spacial score (nSPS) is 11.4. The third-order valence-corrected chi connectivity index (χ3v) is 3.08. The number of aliphatic carboxylic acids is 1. The van der Waals surface area contributed by atoms with Crippen LogP contribution in [0.2, 0.25) is 0 Å². The maximum atomic E-state index is 10.5. The lowest BCUT2D eigenvalue weighted by atomic mass is 9.88. The second-order valence-electron chi connectivity index (χ2n) is 4.65. The summed E-state index contributed by atoms with van der Waals surface area (Å²) in [4.78, 5) is 15.4. The molecule has 0 saturated heterocycles. The predicted molar refractivity (Wildman–Crippen MR) is 81.4 cm³/mol. The summed E-state index contributed by atoms with van der Waals surface area (Å²) in [6.07, 6.45) is 0. The van der Waals surface area contributed by atoms with E-state index in [0.29, 0.717) is 5.71 Å². The molecule has 0 aromatic heterocycles. The highest BCUT2D eigenvalue weighted by Gasteiger charge is 2.17. The van der Waals surface area contributed by atoms with E-state index in [4.69, 9.17) is 9.94 Å². The highest BCUT2D eigenvalue weighted by Crippen LogP contribution is 2.26. The van der Waals surface area contributed by atoms with Gasteiger partial charge in [0.2, 0.25) is 6.61 Å². The van der Waals surface area contributed by atoms with Gasteiger partial charge in [-0.25, -0.2) is 4.79 Å². The number of carboxylic acids is 1. The number of carboxylic acid groups (broad SMARTS) is 1. The predicted octanol–water partition coefficient (Wildman–Crippen LogP) is 3.30. The lowest BCUT2D eigenvalue weighted by Gasteiger charge is -2.17. The molecule has 0 bridgehead atoms. The minimum Gasteiger partial charge on any atom is -0.479 e. The molecule has 0 aliphatic heterocycles. The van der Waals surface area contributed by atoms with Crippen molar-refractivity contribution in [2.75, 3.05) is 6.61 Å². The van der Waals surface area contributed by atoms with Crippen molar-refractivity contribution in [3.05, 3.63) is 71.8 Å². The zero-order chi connectivity index (χ0) is 15.1. The van der Waals surface area contributed by atoms with Crippen LogP contribution in [0.4, 0.5) is 0 Å². The van der Waals surface area contributed by atoms with Crippen molar-refractivity contribution in [3.63, 3.8) is 0 Å². The summed E-state index contributed by atoms with van der Waals surface area (Å²) >= 11 is 0. The van der Waals surface area contributed by atoms with Crippen LogP contribution in [0.3, 0.4) is 0 Å². The number of nitrogens with zero attached hydrogens (tertiary/aromatic N) is 1. The molecule has 2 aromatic carbocycles. The first-order valence-electron chi connectivity index (χ1n) is 6.66. The first kappa shape index (κ1) is 14.8. The highest BCUT2D eigenvalue weighted by molar-refractivity contribution is 5.91. The van der Waals surface area contributed by atoms with Crippen molar-refractivity contribution in [1.82, 2.24) is 0 Å². The van der Waals surface area contributed by atoms with Crippen molar-refractivity contribution in [2.45, 2.75) is 12.8 Å². The molecular weight excluding hydrogens is 266 g/mol. The van der Waals surface area contributed by atoms with Gasteiger partial charge in [0, 0.05) is 0 Å². The van der Waals surface area contributed by atoms with Crippen LogP contribution >= 0.6 is 0 Å². The molecular formula is C17H17NO3. The molecule has 0 fully saturated rings. The molecule has 0 heterocycles. The maximum Gasteiger partial charge on any atom is 0.344 e. The third kappa shape index (κ3) is 4.18. The first-order valence-corrected chi connectivity index (χ1v) is 6.66. The van der Waals surface area contributed by atoms with Crippen LogP contribution in [-0.2, 0) is 9.63 Å². The van der Waals surface area contributed by atoms with Crippen molar-refractivity contribution in [2.24, 2.45) is 5.16 Å². The van der Waals surface area contributed by atoms with E-state index in [1.165, 1.54) is 0 Å². The largest absolute Gasteiger partial charge is 0.479 e. The molecule has 1 N–H and O–H groups in total. The van der Waals surface area contributed by atoms with Gasteiger partial charge < -0.3 is 9.94 Å². The average Bonchev–Trinajstić information content (AvgIpc) is 2.49. The molecule has 0 saturated carbocycles. The van der Waals surface area contributed by atoms with Gasteiger partial charge in [0.25, 0.3) is 0 Å². The van der Waals surface area contributed by atoms with Gasteiger partial charge in [0.05, 0.1) is 11.6 Å². The SMILES string of the molecule is CC(=NOCC(=O)O)C(c1ccccc1)c1ccccc1. The van der Waals surface area contributed by atoms with Crippen LogP contribution < -0.4 is 0 Å². The fourth-order valence-corrected chi connectivity index (χ4v) is 2.21. The summed E-state index contributed by atoms with van der Waals surface area (Å²) in [5.74, 6) is -1.09. The number of hydrogen-bond acceptors (Lipinski definition) is 3. The number of oxime groups is 1. The highest BCUT2D eigenvalue weighted by atomic mass is 16.6. The van der Waals surface area contributed by atoms with Gasteiger partial charge in [0.15, 0.2) is 0 Å². The van der Waals surface area contributed by atoms with Crippen LogP contribution in [0.1, 0.15) is 24.0 Å². The first-order chi connectivity index (χ1) is 10.2. The minimum absolute atomic E-state index is 0.0544. The molecule has 0 radical (unpaired) electrons. The second-order valence-corrected chi connectivity index (χ2v) is 4.65.